The van der Waals surface area contributed by atoms with Gasteiger partial charge < -0.3 is 16.0 Å². The molecule has 110 valence electrons. The summed E-state index contributed by atoms with van der Waals surface area (Å²) in [5.74, 6) is -0.336. The minimum absolute atomic E-state index is 0.336. The van der Waals surface area contributed by atoms with Crippen LogP contribution < -0.4 is 16.0 Å². The number of hydrogen-bond acceptors (Lipinski definition) is 2. The van der Waals surface area contributed by atoms with Gasteiger partial charge in [-0.3, -0.25) is 0 Å². The smallest absolute Gasteiger partial charge is 0.313 e. The molecule has 0 spiro atoms. The summed E-state index contributed by atoms with van der Waals surface area (Å²) in [4.78, 5) is 11.9. The molecule has 0 radical (unpaired) electrons. The Morgan fingerprint density at radius 3 is 2.48 bits per heavy atom. The summed E-state index contributed by atoms with van der Waals surface area (Å²) >= 11 is 0. The Balaban J connectivity index is 1.94. The van der Waals surface area contributed by atoms with Crippen LogP contribution in [0.1, 0.15) is 12.5 Å². The van der Waals surface area contributed by atoms with Gasteiger partial charge in [0.15, 0.2) is 0 Å². The standard InChI is InChI=1S/C16H18FN3O/c1-2-18-11-12-4-3-5-15(10-12)20-16(21)19-14-8-6-13(17)7-9-14/h3-10,18H,2,11H2,1H3,(H2,19,20,21). The Kier molecular flexibility index (Phi) is 5.29. The monoisotopic (exact) mass is 287 g/mol. The molecule has 0 saturated heterocycles. The second-order valence-electron chi connectivity index (χ2n) is 4.57. The molecular formula is C16H18FN3O. The van der Waals surface area contributed by atoms with E-state index in [0.29, 0.717) is 11.4 Å². The fourth-order valence-electron chi connectivity index (χ4n) is 1.86. The second-order valence-corrected chi connectivity index (χ2v) is 4.57. The number of rotatable bonds is 5. The highest BCUT2D eigenvalue weighted by Crippen LogP contribution is 2.12. The van der Waals surface area contributed by atoms with E-state index in [4.69, 9.17) is 0 Å². The summed E-state index contributed by atoms with van der Waals surface area (Å²) in [6, 6.07) is 12.9. The van der Waals surface area contributed by atoms with Crippen molar-refractivity contribution in [2.24, 2.45) is 0 Å². The van der Waals surface area contributed by atoms with Gasteiger partial charge in [-0.15, -0.1) is 0 Å². The van der Waals surface area contributed by atoms with Crippen LogP contribution in [0.25, 0.3) is 0 Å². The summed E-state index contributed by atoms with van der Waals surface area (Å²) in [6.45, 7) is 3.69. The van der Waals surface area contributed by atoms with Crippen molar-refractivity contribution >= 4 is 17.4 Å². The van der Waals surface area contributed by atoms with Crippen LogP contribution >= 0.6 is 0 Å². The Bertz CT molecular complexity index is 599. The maximum atomic E-state index is 12.8. The molecule has 0 aromatic heterocycles. The van der Waals surface area contributed by atoms with Crippen LogP contribution in [0.2, 0.25) is 0 Å². The largest absolute Gasteiger partial charge is 0.323 e. The molecule has 2 rings (SSSR count). The molecule has 0 aliphatic carbocycles. The average molecular weight is 287 g/mol. The van der Waals surface area contributed by atoms with Gasteiger partial charge in [0.05, 0.1) is 0 Å². The summed E-state index contributed by atoms with van der Waals surface area (Å²) in [5, 5.41) is 8.62. The predicted molar refractivity (Wildman–Crippen MR) is 82.9 cm³/mol. The van der Waals surface area contributed by atoms with Crippen molar-refractivity contribution in [3.63, 3.8) is 0 Å². The Hall–Kier alpha value is -2.40. The first kappa shape index (κ1) is 15.0. The van der Waals surface area contributed by atoms with Crippen molar-refractivity contribution in [3.8, 4) is 0 Å². The van der Waals surface area contributed by atoms with Gasteiger partial charge in [-0.1, -0.05) is 19.1 Å². The third-order valence-electron chi connectivity index (χ3n) is 2.87. The molecule has 0 bridgehead atoms. The van der Waals surface area contributed by atoms with E-state index in [1.807, 2.05) is 31.2 Å². The van der Waals surface area contributed by atoms with Crippen molar-refractivity contribution in [3.05, 3.63) is 59.9 Å². The topological polar surface area (TPSA) is 53.2 Å². The van der Waals surface area contributed by atoms with Gasteiger partial charge in [0.2, 0.25) is 0 Å². The zero-order chi connectivity index (χ0) is 15.1. The van der Waals surface area contributed by atoms with Crippen molar-refractivity contribution in [1.82, 2.24) is 5.32 Å². The molecule has 0 fully saturated rings. The lowest BCUT2D eigenvalue weighted by Crippen LogP contribution is -2.19. The number of anilines is 2. The van der Waals surface area contributed by atoms with Gasteiger partial charge in [0, 0.05) is 17.9 Å². The zero-order valence-corrected chi connectivity index (χ0v) is 11.8. The summed E-state index contributed by atoms with van der Waals surface area (Å²) in [7, 11) is 0. The van der Waals surface area contributed by atoms with Gasteiger partial charge in [-0.2, -0.15) is 0 Å². The van der Waals surface area contributed by atoms with Gasteiger partial charge in [-0.05, 0) is 48.5 Å². The third kappa shape index (κ3) is 4.89. The molecule has 4 nitrogen and oxygen atoms in total. The number of nitrogens with one attached hydrogen (secondary N) is 3. The number of carbonyl (C=O) groups excluding carboxylic acids is 1. The van der Waals surface area contributed by atoms with Crippen molar-refractivity contribution < 1.29 is 9.18 Å². The van der Waals surface area contributed by atoms with Crippen LogP contribution in [0, 0.1) is 5.82 Å². The molecule has 2 aromatic rings. The first-order valence-electron chi connectivity index (χ1n) is 6.80. The minimum atomic E-state index is -0.359. The molecule has 0 aliphatic heterocycles. The van der Waals surface area contributed by atoms with E-state index < -0.39 is 0 Å². The van der Waals surface area contributed by atoms with Crippen LogP contribution in [0.5, 0.6) is 0 Å². The van der Waals surface area contributed by atoms with E-state index in [0.717, 1.165) is 18.7 Å². The predicted octanol–water partition coefficient (Wildman–Crippen LogP) is 3.58. The summed E-state index contributed by atoms with van der Waals surface area (Å²) in [5.41, 5.74) is 2.35. The quantitative estimate of drug-likeness (QED) is 0.787. The lowest BCUT2D eigenvalue weighted by atomic mass is 10.2. The molecule has 0 saturated carbocycles. The van der Waals surface area contributed by atoms with Crippen LogP contribution in [0.4, 0.5) is 20.6 Å². The van der Waals surface area contributed by atoms with E-state index in [2.05, 4.69) is 16.0 Å². The SMILES string of the molecule is CCNCc1cccc(NC(=O)Nc2ccc(F)cc2)c1. The van der Waals surface area contributed by atoms with Gasteiger partial charge in [0.1, 0.15) is 5.82 Å². The normalized spacial score (nSPS) is 10.2. The number of benzene rings is 2. The van der Waals surface area contributed by atoms with Crippen LogP contribution in [0.15, 0.2) is 48.5 Å². The highest BCUT2D eigenvalue weighted by Gasteiger charge is 2.03. The molecule has 0 unspecified atom stereocenters. The third-order valence-corrected chi connectivity index (χ3v) is 2.87. The van der Waals surface area contributed by atoms with Crippen molar-refractivity contribution in [2.75, 3.05) is 17.2 Å². The van der Waals surface area contributed by atoms with Crippen LogP contribution in [-0.2, 0) is 6.54 Å². The zero-order valence-electron chi connectivity index (χ0n) is 11.8. The molecule has 21 heavy (non-hydrogen) atoms. The molecule has 2 aromatic carbocycles. The molecular weight excluding hydrogens is 269 g/mol. The average Bonchev–Trinajstić information content (AvgIpc) is 2.48. The number of urea groups is 1. The van der Waals surface area contributed by atoms with Gasteiger partial charge in [-0.25, -0.2) is 9.18 Å². The lowest BCUT2D eigenvalue weighted by Gasteiger charge is -2.09. The lowest BCUT2D eigenvalue weighted by molar-refractivity contribution is 0.262. The second kappa shape index (κ2) is 7.40. The van der Waals surface area contributed by atoms with Crippen molar-refractivity contribution in [1.29, 1.82) is 0 Å². The fraction of sp³-hybridized carbons (Fsp3) is 0.188. The van der Waals surface area contributed by atoms with Crippen LogP contribution in [0.3, 0.4) is 0 Å². The molecule has 5 heteroatoms. The first-order valence-corrected chi connectivity index (χ1v) is 6.80. The molecule has 2 amide bonds. The Labute approximate surface area is 123 Å². The summed E-state index contributed by atoms with van der Waals surface area (Å²) < 4.78 is 12.8. The Morgan fingerprint density at radius 2 is 1.76 bits per heavy atom. The van der Waals surface area contributed by atoms with Crippen molar-refractivity contribution in [2.45, 2.75) is 13.5 Å². The van der Waals surface area contributed by atoms with E-state index in [1.165, 1.54) is 24.3 Å². The number of carbonyl (C=O) groups is 1. The molecule has 0 heterocycles. The van der Waals surface area contributed by atoms with Gasteiger partial charge in [0.25, 0.3) is 0 Å². The maximum absolute atomic E-state index is 12.8. The fourth-order valence-corrected chi connectivity index (χ4v) is 1.86. The van der Waals surface area contributed by atoms with E-state index in [-0.39, 0.29) is 11.8 Å². The van der Waals surface area contributed by atoms with E-state index in [9.17, 15) is 9.18 Å². The number of hydrogen-bond donors (Lipinski definition) is 3. The number of halogens is 1. The molecule has 0 aliphatic rings. The number of amides is 2. The highest BCUT2D eigenvalue weighted by atomic mass is 19.1. The first-order chi connectivity index (χ1) is 10.2. The van der Waals surface area contributed by atoms with E-state index in [1.54, 1.807) is 0 Å². The maximum Gasteiger partial charge on any atom is 0.323 e. The van der Waals surface area contributed by atoms with Crippen LogP contribution in [-0.4, -0.2) is 12.6 Å². The Morgan fingerprint density at radius 1 is 1.05 bits per heavy atom. The van der Waals surface area contributed by atoms with Gasteiger partial charge >= 0.3 is 6.03 Å². The minimum Gasteiger partial charge on any atom is -0.313 e. The molecule has 0 atom stereocenters. The highest BCUT2D eigenvalue weighted by molar-refractivity contribution is 5.99. The summed E-state index contributed by atoms with van der Waals surface area (Å²) in [6.07, 6.45) is 0. The van der Waals surface area contributed by atoms with E-state index >= 15 is 0 Å². The molecule has 3 N–H and O–H groups in total.